The summed E-state index contributed by atoms with van der Waals surface area (Å²) in [6, 6.07) is 6.40. The van der Waals surface area contributed by atoms with Crippen molar-refractivity contribution in [3.05, 3.63) is 63.3 Å². The Morgan fingerprint density at radius 3 is 2.91 bits per heavy atom. The molecule has 3 amide bonds. The fraction of sp³-hybridized carbons (Fsp3) is 0.333. The number of amides is 3. The number of nitrogens with one attached hydrogen (secondary N) is 3. The number of rotatable bonds is 6. The molecule has 0 bridgehead atoms. The Kier molecular flexibility index (Phi) is 5.46. The SMILES string of the molecule is CC1(C)OC(=C2C(=O)Nc3cc(F)ccc32)C=C1c1csc(CNCCN2CCNC2=O)c1. The van der Waals surface area contributed by atoms with Crippen LogP contribution in [0.3, 0.4) is 0 Å². The van der Waals surface area contributed by atoms with Crippen molar-refractivity contribution in [2.75, 3.05) is 31.5 Å². The van der Waals surface area contributed by atoms with Crippen LogP contribution in [0, 0.1) is 5.82 Å². The Balaban J connectivity index is 1.32. The van der Waals surface area contributed by atoms with Crippen LogP contribution in [-0.2, 0) is 16.1 Å². The maximum atomic E-state index is 13.6. The molecule has 7 nitrogen and oxygen atoms in total. The number of urea groups is 1. The molecule has 0 atom stereocenters. The van der Waals surface area contributed by atoms with Crippen LogP contribution in [0.5, 0.6) is 0 Å². The van der Waals surface area contributed by atoms with Crippen molar-refractivity contribution in [2.24, 2.45) is 0 Å². The van der Waals surface area contributed by atoms with E-state index in [1.807, 2.05) is 19.9 Å². The molecule has 0 unspecified atom stereocenters. The summed E-state index contributed by atoms with van der Waals surface area (Å²) >= 11 is 1.66. The van der Waals surface area contributed by atoms with Crippen LogP contribution in [0.1, 0.15) is 29.9 Å². The molecule has 0 radical (unpaired) electrons. The summed E-state index contributed by atoms with van der Waals surface area (Å²) in [5, 5.41) is 11.0. The summed E-state index contributed by atoms with van der Waals surface area (Å²) < 4.78 is 19.8. The van der Waals surface area contributed by atoms with Crippen molar-refractivity contribution in [2.45, 2.75) is 26.0 Å². The number of fused-ring (bicyclic) bond motifs is 1. The molecule has 3 aliphatic heterocycles. The van der Waals surface area contributed by atoms with Gasteiger partial charge in [0.2, 0.25) is 0 Å². The third-order valence-electron chi connectivity index (χ3n) is 6.03. The van der Waals surface area contributed by atoms with Gasteiger partial charge in [-0.3, -0.25) is 4.79 Å². The van der Waals surface area contributed by atoms with Gasteiger partial charge in [-0.05, 0) is 55.1 Å². The third-order valence-corrected chi connectivity index (χ3v) is 6.97. The molecule has 1 saturated heterocycles. The molecule has 0 saturated carbocycles. The van der Waals surface area contributed by atoms with Crippen molar-refractivity contribution in [3.8, 4) is 0 Å². The normalized spacial score (nSPS) is 21.1. The van der Waals surface area contributed by atoms with E-state index in [0.717, 1.165) is 24.2 Å². The van der Waals surface area contributed by atoms with E-state index in [2.05, 4.69) is 27.4 Å². The highest BCUT2D eigenvalue weighted by Gasteiger charge is 2.38. The first-order valence-corrected chi connectivity index (χ1v) is 11.8. The highest BCUT2D eigenvalue weighted by atomic mass is 32.1. The van der Waals surface area contributed by atoms with Gasteiger partial charge in [0.25, 0.3) is 5.91 Å². The first-order valence-electron chi connectivity index (χ1n) is 10.9. The van der Waals surface area contributed by atoms with Crippen LogP contribution in [0.15, 0.2) is 41.5 Å². The maximum absolute atomic E-state index is 13.6. The minimum Gasteiger partial charge on any atom is -0.482 e. The summed E-state index contributed by atoms with van der Waals surface area (Å²) in [5.74, 6) is -0.194. The molecule has 33 heavy (non-hydrogen) atoms. The number of ether oxygens (including phenoxy) is 1. The Morgan fingerprint density at radius 1 is 1.27 bits per heavy atom. The Bertz CT molecular complexity index is 1200. The molecular formula is C24H25FN4O3S. The van der Waals surface area contributed by atoms with E-state index >= 15 is 0 Å². The van der Waals surface area contributed by atoms with E-state index in [1.165, 1.54) is 17.0 Å². The van der Waals surface area contributed by atoms with Crippen molar-refractivity contribution >= 4 is 40.1 Å². The predicted octanol–water partition coefficient (Wildman–Crippen LogP) is 3.56. The van der Waals surface area contributed by atoms with Crippen LogP contribution in [0.25, 0.3) is 11.1 Å². The average molecular weight is 469 g/mol. The van der Waals surface area contributed by atoms with Crippen LogP contribution < -0.4 is 16.0 Å². The molecule has 2 aromatic rings. The number of benzene rings is 1. The number of thiophene rings is 1. The number of carbonyl (C=O) groups is 2. The van der Waals surface area contributed by atoms with E-state index < -0.39 is 11.4 Å². The van der Waals surface area contributed by atoms with Gasteiger partial charge in [0, 0.05) is 48.7 Å². The number of carbonyl (C=O) groups excluding carboxylic acids is 2. The van der Waals surface area contributed by atoms with Crippen molar-refractivity contribution in [3.63, 3.8) is 0 Å². The first kappa shape index (κ1) is 21.7. The minimum absolute atomic E-state index is 0.000705. The first-order chi connectivity index (χ1) is 15.8. The summed E-state index contributed by atoms with van der Waals surface area (Å²) in [5.41, 5.74) is 2.96. The zero-order valence-corrected chi connectivity index (χ0v) is 19.3. The van der Waals surface area contributed by atoms with Gasteiger partial charge in [0.05, 0.1) is 11.3 Å². The highest BCUT2D eigenvalue weighted by molar-refractivity contribution is 7.10. The largest absolute Gasteiger partial charge is 0.482 e. The lowest BCUT2D eigenvalue weighted by molar-refractivity contribution is -0.111. The number of hydrogen-bond acceptors (Lipinski definition) is 5. The van der Waals surface area contributed by atoms with Gasteiger partial charge < -0.3 is 25.6 Å². The van der Waals surface area contributed by atoms with Crippen LogP contribution in [0.2, 0.25) is 0 Å². The maximum Gasteiger partial charge on any atom is 0.317 e. The second-order valence-corrected chi connectivity index (χ2v) is 9.75. The number of hydrogen-bond donors (Lipinski definition) is 3. The number of halogens is 1. The standard InChI is InChI=1S/C24H25FN4O3S/c1-24(2)18(11-20(32-24)21-17-4-3-15(25)10-19(17)28-22(21)30)14-9-16(33-13-14)12-26-5-7-29-8-6-27-23(29)31/h3-4,9-11,13,26H,5-8,12H2,1-2H3,(H,27,31)(H,28,30). The number of allylic oxidation sites excluding steroid dienone is 1. The van der Waals surface area contributed by atoms with E-state index in [4.69, 9.17) is 4.74 Å². The quantitative estimate of drug-likeness (QED) is 0.447. The fourth-order valence-corrected chi connectivity index (χ4v) is 5.23. The van der Waals surface area contributed by atoms with Gasteiger partial charge in [-0.1, -0.05) is 0 Å². The van der Waals surface area contributed by atoms with E-state index in [1.54, 1.807) is 22.3 Å². The van der Waals surface area contributed by atoms with Crippen molar-refractivity contribution < 1.29 is 18.7 Å². The molecule has 1 fully saturated rings. The molecule has 5 rings (SSSR count). The molecule has 3 N–H and O–H groups in total. The summed E-state index contributed by atoms with van der Waals surface area (Å²) in [6.07, 6.45) is 1.92. The topological polar surface area (TPSA) is 82.7 Å². The Hall–Kier alpha value is -3.17. The molecule has 1 aromatic heterocycles. The van der Waals surface area contributed by atoms with Crippen LogP contribution >= 0.6 is 11.3 Å². The predicted molar refractivity (Wildman–Crippen MR) is 126 cm³/mol. The summed E-state index contributed by atoms with van der Waals surface area (Å²) in [6.45, 7) is 7.53. The zero-order chi connectivity index (χ0) is 23.2. The fourth-order valence-electron chi connectivity index (χ4n) is 4.37. The molecular weight excluding hydrogens is 443 g/mol. The Morgan fingerprint density at radius 2 is 2.12 bits per heavy atom. The number of nitrogens with zero attached hydrogens (tertiary/aromatic N) is 1. The molecule has 3 aliphatic rings. The van der Waals surface area contributed by atoms with Crippen LogP contribution in [-0.4, -0.2) is 48.6 Å². The van der Waals surface area contributed by atoms with Gasteiger partial charge in [-0.15, -0.1) is 11.3 Å². The average Bonchev–Trinajstić information content (AvgIpc) is 3.51. The van der Waals surface area contributed by atoms with Gasteiger partial charge in [0.15, 0.2) is 0 Å². The van der Waals surface area contributed by atoms with Crippen molar-refractivity contribution in [1.82, 2.24) is 15.5 Å². The molecule has 4 heterocycles. The second kappa shape index (κ2) is 8.31. The van der Waals surface area contributed by atoms with Gasteiger partial charge in [0.1, 0.15) is 17.2 Å². The van der Waals surface area contributed by atoms with E-state index in [0.29, 0.717) is 42.2 Å². The second-order valence-electron chi connectivity index (χ2n) is 8.75. The minimum atomic E-state index is -0.611. The Labute approximate surface area is 195 Å². The summed E-state index contributed by atoms with van der Waals surface area (Å²) in [7, 11) is 0. The molecule has 0 spiro atoms. The molecule has 172 valence electrons. The molecule has 1 aromatic carbocycles. The number of anilines is 1. The van der Waals surface area contributed by atoms with E-state index in [9.17, 15) is 14.0 Å². The molecule has 9 heteroatoms. The van der Waals surface area contributed by atoms with Gasteiger partial charge >= 0.3 is 6.03 Å². The lowest BCUT2D eigenvalue weighted by atomic mass is 9.94. The van der Waals surface area contributed by atoms with E-state index in [-0.39, 0.29) is 11.9 Å². The lowest BCUT2D eigenvalue weighted by Crippen LogP contribution is -2.34. The summed E-state index contributed by atoms with van der Waals surface area (Å²) in [4.78, 5) is 27.2. The van der Waals surface area contributed by atoms with Crippen molar-refractivity contribution in [1.29, 1.82) is 0 Å². The lowest BCUT2D eigenvalue weighted by Gasteiger charge is -2.22. The smallest absolute Gasteiger partial charge is 0.317 e. The zero-order valence-electron chi connectivity index (χ0n) is 18.5. The van der Waals surface area contributed by atoms with Gasteiger partial charge in [-0.2, -0.15) is 0 Å². The third kappa shape index (κ3) is 4.14. The monoisotopic (exact) mass is 468 g/mol. The molecule has 0 aliphatic carbocycles. The highest BCUT2D eigenvalue weighted by Crippen LogP contribution is 2.45. The van der Waals surface area contributed by atoms with Crippen LogP contribution in [0.4, 0.5) is 14.9 Å². The van der Waals surface area contributed by atoms with Gasteiger partial charge in [-0.25, -0.2) is 9.18 Å².